The van der Waals surface area contributed by atoms with Crippen molar-refractivity contribution >= 4 is 10.0 Å². The summed E-state index contributed by atoms with van der Waals surface area (Å²) < 4.78 is 54.8. The van der Waals surface area contributed by atoms with E-state index < -0.39 is 27.3 Å². The van der Waals surface area contributed by atoms with Crippen LogP contribution in [0.1, 0.15) is 33.1 Å². The molecule has 1 fully saturated rings. The molecule has 0 spiro atoms. The van der Waals surface area contributed by atoms with Crippen molar-refractivity contribution < 1.29 is 22.3 Å². The zero-order valence-corrected chi connectivity index (χ0v) is 16.1. The van der Waals surface area contributed by atoms with Crippen molar-refractivity contribution in [2.45, 2.75) is 49.6 Å². The Hall–Kier alpha value is -1.83. The molecular weight excluding hydrogens is 372 g/mol. The van der Waals surface area contributed by atoms with Crippen LogP contribution in [0.25, 0.3) is 11.1 Å². The highest BCUT2D eigenvalue weighted by atomic mass is 32.2. The molecule has 1 aliphatic rings. The minimum absolute atomic E-state index is 0.0500. The molecule has 2 N–H and O–H groups in total. The average molecular weight is 395 g/mol. The molecule has 2 aromatic carbocycles. The summed E-state index contributed by atoms with van der Waals surface area (Å²) in [5.41, 5.74) is -0.160. The summed E-state index contributed by atoms with van der Waals surface area (Å²) >= 11 is 0. The Morgan fingerprint density at radius 1 is 1.07 bits per heavy atom. The topological polar surface area (TPSA) is 66.4 Å². The summed E-state index contributed by atoms with van der Waals surface area (Å²) in [5, 5.41) is 10.1. The van der Waals surface area contributed by atoms with E-state index >= 15 is 0 Å². The Kier molecular flexibility index (Phi) is 5.38. The maximum Gasteiger partial charge on any atom is 0.240 e. The number of rotatable bonds is 5. The second-order valence-corrected chi connectivity index (χ2v) is 9.34. The first-order valence-electron chi connectivity index (χ1n) is 8.86. The third kappa shape index (κ3) is 4.54. The van der Waals surface area contributed by atoms with Crippen molar-refractivity contribution in [2.24, 2.45) is 5.92 Å². The molecule has 4 nitrogen and oxygen atoms in total. The van der Waals surface area contributed by atoms with Crippen LogP contribution >= 0.6 is 0 Å². The van der Waals surface area contributed by atoms with Crippen molar-refractivity contribution in [3.05, 3.63) is 54.1 Å². The fraction of sp³-hybridized carbons (Fsp3) is 0.400. The second kappa shape index (κ2) is 7.30. The predicted octanol–water partition coefficient (Wildman–Crippen LogP) is 3.85. The van der Waals surface area contributed by atoms with Crippen molar-refractivity contribution in [3.8, 4) is 11.1 Å². The van der Waals surface area contributed by atoms with Gasteiger partial charge in [0.05, 0.1) is 10.5 Å². The van der Waals surface area contributed by atoms with E-state index in [1.807, 2.05) is 0 Å². The molecule has 0 saturated heterocycles. The van der Waals surface area contributed by atoms with E-state index in [1.54, 1.807) is 13.8 Å². The molecule has 0 heterocycles. The molecule has 0 amide bonds. The van der Waals surface area contributed by atoms with E-state index in [4.69, 9.17) is 0 Å². The molecule has 1 unspecified atom stereocenters. The van der Waals surface area contributed by atoms with E-state index in [0.717, 1.165) is 18.6 Å². The van der Waals surface area contributed by atoms with E-state index in [1.165, 1.54) is 30.3 Å². The molecule has 0 aromatic heterocycles. The SMILES string of the molecule is CC(C)(O)C1CC[C@H](NS(=O)(=O)c2ccc(-c3ccc(F)cc3F)cc2)C1. The van der Waals surface area contributed by atoms with Gasteiger partial charge in [-0.25, -0.2) is 21.9 Å². The molecule has 146 valence electrons. The molecule has 0 aliphatic heterocycles. The third-order valence-electron chi connectivity index (χ3n) is 5.16. The fourth-order valence-corrected chi connectivity index (χ4v) is 4.84. The van der Waals surface area contributed by atoms with Crippen LogP contribution in [0.15, 0.2) is 47.4 Å². The first-order valence-corrected chi connectivity index (χ1v) is 10.3. The first-order chi connectivity index (χ1) is 12.6. The maximum absolute atomic E-state index is 13.9. The predicted molar refractivity (Wildman–Crippen MR) is 99.5 cm³/mol. The van der Waals surface area contributed by atoms with Gasteiger partial charge in [0, 0.05) is 17.7 Å². The highest BCUT2D eigenvalue weighted by Gasteiger charge is 2.36. The van der Waals surface area contributed by atoms with Crippen LogP contribution in [0.3, 0.4) is 0 Å². The Morgan fingerprint density at radius 2 is 1.74 bits per heavy atom. The van der Waals surface area contributed by atoms with E-state index in [0.29, 0.717) is 18.4 Å². The molecular formula is C20H23F2NO3S. The van der Waals surface area contributed by atoms with Crippen molar-refractivity contribution in [2.75, 3.05) is 0 Å². The standard InChI is InChI=1S/C20H23F2NO3S/c1-20(2,24)14-5-7-16(11-14)23-27(25,26)17-8-3-13(4-9-17)18-10-6-15(21)12-19(18)22/h3-4,6,8-10,12,14,16,23-24H,5,7,11H2,1-2H3/t14?,16-/m0/s1. The molecule has 1 saturated carbocycles. The lowest BCUT2D eigenvalue weighted by molar-refractivity contribution is 0.0193. The minimum atomic E-state index is -3.71. The van der Waals surface area contributed by atoms with Gasteiger partial charge >= 0.3 is 0 Å². The number of halogens is 2. The number of sulfonamides is 1. The number of aliphatic hydroxyl groups is 1. The summed E-state index contributed by atoms with van der Waals surface area (Å²) in [7, 11) is -3.71. The van der Waals surface area contributed by atoms with Crippen LogP contribution in [0.2, 0.25) is 0 Å². The van der Waals surface area contributed by atoms with Crippen LogP contribution < -0.4 is 4.72 Å². The Balaban J connectivity index is 1.74. The van der Waals surface area contributed by atoms with E-state index in [9.17, 15) is 22.3 Å². The smallest absolute Gasteiger partial charge is 0.240 e. The molecule has 2 atom stereocenters. The molecule has 0 radical (unpaired) electrons. The zero-order valence-electron chi connectivity index (χ0n) is 15.2. The minimum Gasteiger partial charge on any atom is -0.390 e. The summed E-state index contributed by atoms with van der Waals surface area (Å²) in [6, 6.07) is 8.86. The van der Waals surface area contributed by atoms with Crippen molar-refractivity contribution in [1.29, 1.82) is 0 Å². The Morgan fingerprint density at radius 3 is 2.30 bits per heavy atom. The zero-order chi connectivity index (χ0) is 19.8. The quantitative estimate of drug-likeness (QED) is 0.808. The van der Waals surface area contributed by atoms with Crippen LogP contribution in [-0.4, -0.2) is 25.2 Å². The van der Waals surface area contributed by atoms with Gasteiger partial charge in [-0.15, -0.1) is 0 Å². The van der Waals surface area contributed by atoms with Gasteiger partial charge in [-0.05, 0) is 68.9 Å². The number of nitrogens with one attached hydrogen (secondary N) is 1. The van der Waals surface area contributed by atoms with Gasteiger partial charge in [0.1, 0.15) is 11.6 Å². The molecule has 3 rings (SSSR count). The largest absolute Gasteiger partial charge is 0.390 e. The van der Waals surface area contributed by atoms with Gasteiger partial charge in [-0.1, -0.05) is 12.1 Å². The van der Waals surface area contributed by atoms with Gasteiger partial charge in [0.25, 0.3) is 0 Å². The average Bonchev–Trinajstić information content (AvgIpc) is 3.03. The van der Waals surface area contributed by atoms with Crippen molar-refractivity contribution in [3.63, 3.8) is 0 Å². The van der Waals surface area contributed by atoms with Crippen molar-refractivity contribution in [1.82, 2.24) is 4.72 Å². The van der Waals surface area contributed by atoms with Gasteiger partial charge in [-0.3, -0.25) is 0 Å². The summed E-state index contributed by atoms with van der Waals surface area (Å²) in [4.78, 5) is 0.0838. The summed E-state index contributed by atoms with van der Waals surface area (Å²) in [6.07, 6.45) is 2.02. The van der Waals surface area contributed by atoms with E-state index in [-0.39, 0.29) is 22.4 Å². The molecule has 1 aliphatic carbocycles. The van der Waals surface area contributed by atoms with Gasteiger partial charge < -0.3 is 5.11 Å². The second-order valence-electron chi connectivity index (χ2n) is 7.63. The Bertz CT molecular complexity index is 921. The Labute approximate surface area is 158 Å². The fourth-order valence-electron chi connectivity index (χ4n) is 3.55. The van der Waals surface area contributed by atoms with E-state index in [2.05, 4.69) is 4.72 Å². The molecule has 0 bridgehead atoms. The normalized spacial score (nSPS) is 20.8. The van der Waals surface area contributed by atoms with Gasteiger partial charge in [0.15, 0.2) is 0 Å². The molecule has 27 heavy (non-hydrogen) atoms. The number of benzene rings is 2. The first kappa shape index (κ1) is 19.9. The lowest BCUT2D eigenvalue weighted by Gasteiger charge is -2.25. The van der Waals surface area contributed by atoms with Crippen LogP contribution in [0.4, 0.5) is 8.78 Å². The third-order valence-corrected chi connectivity index (χ3v) is 6.70. The maximum atomic E-state index is 13.9. The van der Waals surface area contributed by atoms with Crippen LogP contribution in [0.5, 0.6) is 0 Å². The number of hydrogen-bond acceptors (Lipinski definition) is 3. The van der Waals surface area contributed by atoms with Gasteiger partial charge in [-0.2, -0.15) is 0 Å². The highest BCUT2D eigenvalue weighted by Crippen LogP contribution is 2.34. The summed E-state index contributed by atoms with van der Waals surface area (Å²) in [5.74, 6) is -1.32. The van der Waals surface area contributed by atoms with Crippen LogP contribution in [0, 0.1) is 17.6 Å². The molecule has 7 heteroatoms. The lowest BCUT2D eigenvalue weighted by Crippen LogP contribution is -2.35. The summed E-state index contributed by atoms with van der Waals surface area (Å²) in [6.45, 7) is 3.48. The molecule has 2 aromatic rings. The number of hydrogen-bond donors (Lipinski definition) is 2. The highest BCUT2D eigenvalue weighted by molar-refractivity contribution is 7.89. The lowest BCUT2D eigenvalue weighted by atomic mass is 9.90. The monoisotopic (exact) mass is 395 g/mol. The van der Waals surface area contributed by atoms with Crippen LogP contribution in [-0.2, 0) is 10.0 Å². The van der Waals surface area contributed by atoms with Gasteiger partial charge in [0.2, 0.25) is 10.0 Å².